The third-order valence-electron chi connectivity index (χ3n) is 3.39. The van der Waals surface area contributed by atoms with E-state index in [2.05, 4.69) is 10.1 Å². The molecular weight excluding hydrogens is 236 g/mol. The molecule has 1 aromatic rings. The monoisotopic (exact) mass is 255 g/mol. The summed E-state index contributed by atoms with van der Waals surface area (Å²) in [6.45, 7) is -2.76. The van der Waals surface area contributed by atoms with E-state index in [9.17, 15) is 8.78 Å². The van der Waals surface area contributed by atoms with Crippen molar-refractivity contribution in [2.75, 3.05) is 7.05 Å². The van der Waals surface area contributed by atoms with Gasteiger partial charge in [-0.15, -0.1) is 0 Å². The molecule has 0 heterocycles. The summed E-state index contributed by atoms with van der Waals surface area (Å²) in [7, 11) is 1.90. The smallest absolute Gasteiger partial charge is 0.387 e. The fraction of sp³-hybridized carbons (Fsp3) is 0.571. The predicted octanol–water partition coefficient (Wildman–Crippen LogP) is 3.74. The Kier molecular flexibility index (Phi) is 4.53. The lowest BCUT2D eigenvalue weighted by atomic mass is 10.0. The van der Waals surface area contributed by atoms with Crippen molar-refractivity contribution in [2.45, 2.75) is 38.3 Å². The van der Waals surface area contributed by atoms with E-state index in [-0.39, 0.29) is 11.8 Å². The van der Waals surface area contributed by atoms with Gasteiger partial charge in [0.15, 0.2) is 0 Å². The second-order valence-corrected chi connectivity index (χ2v) is 4.81. The first-order chi connectivity index (χ1) is 8.69. The summed E-state index contributed by atoms with van der Waals surface area (Å²) in [4.78, 5) is 0. The Morgan fingerprint density at radius 3 is 2.78 bits per heavy atom. The number of nitrogens with one attached hydrogen (secondary N) is 1. The van der Waals surface area contributed by atoms with Crippen LogP contribution in [0.15, 0.2) is 24.3 Å². The topological polar surface area (TPSA) is 21.3 Å². The minimum Gasteiger partial charge on any atom is -0.435 e. The molecule has 2 rings (SSSR count). The molecule has 0 bridgehead atoms. The van der Waals surface area contributed by atoms with Gasteiger partial charge in [-0.25, -0.2) is 0 Å². The quantitative estimate of drug-likeness (QED) is 0.801. The van der Waals surface area contributed by atoms with Crippen LogP contribution >= 0.6 is 0 Å². The van der Waals surface area contributed by atoms with Crippen LogP contribution in [0.3, 0.4) is 0 Å². The van der Waals surface area contributed by atoms with Gasteiger partial charge in [-0.3, -0.25) is 0 Å². The van der Waals surface area contributed by atoms with Crippen molar-refractivity contribution in [1.29, 1.82) is 0 Å². The van der Waals surface area contributed by atoms with E-state index in [1.807, 2.05) is 13.1 Å². The summed E-state index contributed by atoms with van der Waals surface area (Å²) >= 11 is 0. The maximum Gasteiger partial charge on any atom is 0.387 e. The molecule has 0 saturated heterocycles. The van der Waals surface area contributed by atoms with E-state index in [1.54, 1.807) is 18.2 Å². The highest BCUT2D eigenvalue weighted by Gasteiger charge is 2.22. The lowest BCUT2D eigenvalue weighted by molar-refractivity contribution is -0.0499. The van der Waals surface area contributed by atoms with Gasteiger partial charge in [-0.1, -0.05) is 25.0 Å². The molecule has 0 amide bonds. The highest BCUT2D eigenvalue weighted by atomic mass is 19.3. The lowest BCUT2D eigenvalue weighted by Gasteiger charge is -2.17. The average molecular weight is 255 g/mol. The molecule has 4 heteroatoms. The van der Waals surface area contributed by atoms with Gasteiger partial charge in [0.25, 0.3) is 0 Å². The number of halogens is 2. The second kappa shape index (κ2) is 6.14. The largest absolute Gasteiger partial charge is 0.435 e. The van der Waals surface area contributed by atoms with Crippen LogP contribution in [0.5, 0.6) is 5.75 Å². The summed E-state index contributed by atoms with van der Waals surface area (Å²) in [5, 5.41) is 3.24. The van der Waals surface area contributed by atoms with Crippen molar-refractivity contribution in [3.63, 3.8) is 0 Å². The molecule has 1 aliphatic rings. The van der Waals surface area contributed by atoms with Gasteiger partial charge in [0.2, 0.25) is 0 Å². The average Bonchev–Trinajstić information content (AvgIpc) is 3.13. The number of alkyl halides is 2. The second-order valence-electron chi connectivity index (χ2n) is 4.81. The van der Waals surface area contributed by atoms with Crippen LogP contribution in [0.1, 0.15) is 37.3 Å². The van der Waals surface area contributed by atoms with Crippen molar-refractivity contribution in [2.24, 2.45) is 5.92 Å². The summed E-state index contributed by atoms with van der Waals surface area (Å²) in [6, 6.07) is 7.18. The van der Waals surface area contributed by atoms with Crippen molar-refractivity contribution >= 4 is 0 Å². The highest BCUT2D eigenvalue weighted by molar-refractivity contribution is 5.30. The first-order valence-corrected chi connectivity index (χ1v) is 6.41. The Bertz CT molecular complexity index is 380. The third kappa shape index (κ3) is 3.95. The minimum atomic E-state index is -2.76. The van der Waals surface area contributed by atoms with E-state index in [0.717, 1.165) is 17.9 Å². The number of hydrogen-bond acceptors (Lipinski definition) is 2. The van der Waals surface area contributed by atoms with Crippen LogP contribution in [0.2, 0.25) is 0 Å². The van der Waals surface area contributed by atoms with Crippen LogP contribution in [0.4, 0.5) is 8.78 Å². The number of ether oxygens (including phenoxy) is 1. The molecule has 1 aromatic carbocycles. The number of rotatable bonds is 7. The van der Waals surface area contributed by atoms with Crippen LogP contribution in [0.25, 0.3) is 0 Å². The van der Waals surface area contributed by atoms with Gasteiger partial charge >= 0.3 is 6.61 Å². The highest BCUT2D eigenvalue weighted by Crippen LogP contribution is 2.36. The SMILES string of the molecule is CNC(CCC1CC1)c1cccc(OC(F)F)c1. The molecule has 18 heavy (non-hydrogen) atoms. The van der Waals surface area contributed by atoms with E-state index in [0.29, 0.717) is 0 Å². The van der Waals surface area contributed by atoms with Crippen molar-refractivity contribution < 1.29 is 13.5 Å². The normalized spacial score (nSPS) is 16.9. The van der Waals surface area contributed by atoms with Gasteiger partial charge < -0.3 is 10.1 Å². The molecule has 0 spiro atoms. The Hall–Kier alpha value is -1.16. The van der Waals surface area contributed by atoms with Gasteiger partial charge in [-0.2, -0.15) is 8.78 Å². The Morgan fingerprint density at radius 2 is 2.17 bits per heavy atom. The van der Waals surface area contributed by atoms with Crippen molar-refractivity contribution in [3.8, 4) is 5.75 Å². The van der Waals surface area contributed by atoms with Crippen molar-refractivity contribution in [1.82, 2.24) is 5.32 Å². The molecule has 1 atom stereocenters. The van der Waals surface area contributed by atoms with Gasteiger partial charge in [0.1, 0.15) is 5.75 Å². The van der Waals surface area contributed by atoms with E-state index < -0.39 is 6.61 Å². The summed E-state index contributed by atoms with van der Waals surface area (Å²) < 4.78 is 28.7. The van der Waals surface area contributed by atoms with Gasteiger partial charge in [0.05, 0.1) is 0 Å². The van der Waals surface area contributed by atoms with Gasteiger partial charge in [-0.05, 0) is 43.5 Å². The molecule has 1 saturated carbocycles. The Balaban J connectivity index is 1.99. The lowest BCUT2D eigenvalue weighted by Crippen LogP contribution is -2.16. The molecule has 0 aliphatic heterocycles. The Labute approximate surface area is 106 Å². The van der Waals surface area contributed by atoms with Crippen molar-refractivity contribution in [3.05, 3.63) is 29.8 Å². The molecule has 100 valence electrons. The van der Waals surface area contributed by atoms with E-state index in [4.69, 9.17) is 0 Å². The summed E-state index contributed by atoms with van der Waals surface area (Å²) in [5.41, 5.74) is 1.01. The molecule has 1 fully saturated rings. The summed E-state index contributed by atoms with van der Waals surface area (Å²) in [6.07, 6.45) is 4.92. The van der Waals surface area contributed by atoms with Crippen LogP contribution in [0, 0.1) is 5.92 Å². The Morgan fingerprint density at radius 1 is 1.39 bits per heavy atom. The van der Waals surface area contributed by atoms with E-state index in [1.165, 1.54) is 19.3 Å². The first kappa shape index (κ1) is 13.3. The fourth-order valence-electron chi connectivity index (χ4n) is 2.19. The molecule has 1 unspecified atom stereocenters. The van der Waals surface area contributed by atoms with Crippen LogP contribution < -0.4 is 10.1 Å². The van der Waals surface area contributed by atoms with E-state index >= 15 is 0 Å². The molecule has 2 nitrogen and oxygen atoms in total. The zero-order chi connectivity index (χ0) is 13.0. The molecule has 0 radical (unpaired) electrons. The molecular formula is C14H19F2NO. The zero-order valence-corrected chi connectivity index (χ0v) is 10.5. The van der Waals surface area contributed by atoms with Gasteiger partial charge in [0, 0.05) is 6.04 Å². The predicted molar refractivity (Wildman–Crippen MR) is 66.8 cm³/mol. The molecule has 1 N–H and O–H groups in total. The maximum atomic E-state index is 12.2. The standard InChI is InChI=1S/C14H19F2NO/c1-17-13(8-7-10-5-6-10)11-3-2-4-12(9-11)18-14(15)16/h2-4,9-10,13-14,17H,5-8H2,1H3. The van der Waals surface area contributed by atoms with Crippen LogP contribution in [-0.2, 0) is 0 Å². The minimum absolute atomic E-state index is 0.215. The number of benzene rings is 1. The first-order valence-electron chi connectivity index (χ1n) is 6.41. The zero-order valence-electron chi connectivity index (χ0n) is 10.5. The fourth-order valence-corrected chi connectivity index (χ4v) is 2.19. The maximum absolute atomic E-state index is 12.2. The summed E-state index contributed by atoms with van der Waals surface area (Å²) in [5.74, 6) is 1.11. The number of hydrogen-bond donors (Lipinski definition) is 1. The van der Waals surface area contributed by atoms with Crippen LogP contribution in [-0.4, -0.2) is 13.7 Å². The molecule has 1 aliphatic carbocycles. The molecule has 0 aromatic heterocycles. The third-order valence-corrected chi connectivity index (χ3v) is 3.39.